The van der Waals surface area contributed by atoms with E-state index in [0.29, 0.717) is 12.1 Å². The van der Waals surface area contributed by atoms with Gasteiger partial charge in [0.05, 0.1) is 24.0 Å². The van der Waals surface area contributed by atoms with Crippen LogP contribution in [0.25, 0.3) is 10.8 Å². The van der Waals surface area contributed by atoms with Crippen LogP contribution in [0.4, 0.5) is 5.69 Å². The van der Waals surface area contributed by atoms with Crippen molar-refractivity contribution < 1.29 is 4.74 Å². The van der Waals surface area contributed by atoms with E-state index in [1.54, 1.807) is 7.11 Å². The average Bonchev–Trinajstić information content (AvgIpc) is 3.21. The number of aromatic nitrogens is 1. The van der Waals surface area contributed by atoms with E-state index < -0.39 is 0 Å². The summed E-state index contributed by atoms with van der Waals surface area (Å²) >= 11 is 6.63. The van der Waals surface area contributed by atoms with Crippen LogP contribution in [0.15, 0.2) is 58.7 Å². The molecule has 2 bridgehead atoms. The Bertz CT molecular complexity index is 1160. The molecule has 0 aliphatic carbocycles. The first-order chi connectivity index (χ1) is 17.1. The fourth-order valence-electron chi connectivity index (χ4n) is 5.69. The summed E-state index contributed by atoms with van der Waals surface area (Å²) in [6.45, 7) is 8.17. The third kappa shape index (κ3) is 5.05. The Morgan fingerprint density at radius 2 is 2.06 bits per heavy atom. The molecule has 1 aromatic carbocycles. The minimum atomic E-state index is 0.550. The normalized spacial score (nSPS) is 23.4. The zero-order chi connectivity index (χ0) is 24.4. The number of likely N-dealkylation sites (tertiary alicyclic amines) is 1. The van der Waals surface area contributed by atoms with Crippen LogP contribution in [0.2, 0.25) is 5.02 Å². The summed E-state index contributed by atoms with van der Waals surface area (Å²) in [4.78, 5) is 14.5. The van der Waals surface area contributed by atoms with E-state index in [-0.39, 0.29) is 0 Å². The third-order valence-corrected chi connectivity index (χ3v) is 7.76. The molecule has 0 spiro atoms. The molecule has 2 atom stereocenters. The number of methoxy groups -OCH3 is 1. The minimum Gasteiger partial charge on any atom is -0.481 e. The SMILES string of the molecule is CCC/C=C(/N=C(\C1=C(C)CN(c2cncc3cccc(Cl)c23)CC1)N1CC2CCC(C1)N2)OC. The lowest BCUT2D eigenvalue weighted by molar-refractivity contribution is 0.272. The number of benzene rings is 1. The predicted octanol–water partition coefficient (Wildman–Crippen LogP) is 5.54. The van der Waals surface area contributed by atoms with Gasteiger partial charge in [0.2, 0.25) is 5.88 Å². The number of allylic oxidation sites excluding steroid dienone is 1. The lowest BCUT2D eigenvalue weighted by Gasteiger charge is -2.39. The number of ether oxygens (including phenoxy) is 1. The molecule has 1 aromatic heterocycles. The Balaban J connectivity index is 1.49. The lowest BCUT2D eigenvalue weighted by Crippen LogP contribution is -2.54. The standard InChI is InChI=1S/C28H36ClN5O/c1-4-5-9-26(35-3)32-28(34-17-21-10-11-22(18-34)31-21)23-12-13-33(16-19(23)2)25-15-30-14-20-7-6-8-24(29)27(20)25/h6-9,14-15,21-22,31H,4-5,10-13,16-18H2,1-3H3/b26-9-,32-28+. The molecular formula is C28H36ClN5O. The second-order valence-corrected chi connectivity index (χ2v) is 10.3. The molecule has 0 saturated carbocycles. The van der Waals surface area contributed by atoms with Crippen LogP contribution in [0.5, 0.6) is 0 Å². The van der Waals surface area contributed by atoms with Crippen molar-refractivity contribution in [1.29, 1.82) is 0 Å². The largest absolute Gasteiger partial charge is 0.481 e. The summed E-state index contributed by atoms with van der Waals surface area (Å²) in [5.41, 5.74) is 3.79. The molecule has 7 heteroatoms. The van der Waals surface area contributed by atoms with Gasteiger partial charge in [0.25, 0.3) is 0 Å². The van der Waals surface area contributed by atoms with Gasteiger partial charge in [-0.2, -0.15) is 4.99 Å². The van der Waals surface area contributed by atoms with Crippen LogP contribution in [-0.4, -0.2) is 61.1 Å². The van der Waals surface area contributed by atoms with Crippen LogP contribution >= 0.6 is 11.6 Å². The van der Waals surface area contributed by atoms with Gasteiger partial charge in [-0.1, -0.05) is 37.1 Å². The van der Waals surface area contributed by atoms with Crippen LogP contribution < -0.4 is 10.2 Å². The van der Waals surface area contributed by atoms with E-state index in [1.165, 1.54) is 24.0 Å². The molecule has 2 saturated heterocycles. The van der Waals surface area contributed by atoms with Gasteiger partial charge in [-0.15, -0.1) is 0 Å². The number of nitrogens with zero attached hydrogens (tertiary/aromatic N) is 4. The monoisotopic (exact) mass is 493 g/mol. The Morgan fingerprint density at radius 1 is 1.26 bits per heavy atom. The van der Waals surface area contributed by atoms with Crippen molar-refractivity contribution >= 4 is 33.9 Å². The van der Waals surface area contributed by atoms with Gasteiger partial charge in [0.15, 0.2) is 0 Å². The number of fused-ring (bicyclic) bond motifs is 3. The molecular weight excluding hydrogens is 458 g/mol. The number of hydrogen-bond acceptors (Lipinski definition) is 5. The molecule has 1 N–H and O–H groups in total. The van der Waals surface area contributed by atoms with Crippen LogP contribution in [-0.2, 0) is 4.74 Å². The molecule has 4 heterocycles. The number of hydrogen-bond donors (Lipinski definition) is 1. The number of piperazine rings is 1. The summed E-state index contributed by atoms with van der Waals surface area (Å²) in [6.07, 6.45) is 11.4. The van der Waals surface area contributed by atoms with Gasteiger partial charge < -0.3 is 19.9 Å². The summed E-state index contributed by atoms with van der Waals surface area (Å²) < 4.78 is 5.70. The molecule has 3 aliphatic heterocycles. The molecule has 6 nitrogen and oxygen atoms in total. The van der Waals surface area contributed by atoms with Gasteiger partial charge in [-0.3, -0.25) is 4.98 Å². The molecule has 186 valence electrons. The van der Waals surface area contributed by atoms with Crippen molar-refractivity contribution in [3.63, 3.8) is 0 Å². The molecule has 0 radical (unpaired) electrons. The summed E-state index contributed by atoms with van der Waals surface area (Å²) in [5, 5.41) is 6.69. The molecule has 35 heavy (non-hydrogen) atoms. The van der Waals surface area contributed by atoms with Crippen molar-refractivity contribution in [2.75, 3.05) is 38.2 Å². The second kappa shape index (κ2) is 10.6. The number of rotatable bonds is 6. The maximum atomic E-state index is 6.63. The molecule has 0 amide bonds. The van der Waals surface area contributed by atoms with Crippen molar-refractivity contribution in [3.05, 3.63) is 58.7 Å². The van der Waals surface area contributed by atoms with Gasteiger partial charge in [-0.05, 0) is 55.9 Å². The number of halogens is 1. The van der Waals surface area contributed by atoms with E-state index in [4.69, 9.17) is 21.3 Å². The van der Waals surface area contributed by atoms with Gasteiger partial charge in [-0.25, -0.2) is 0 Å². The van der Waals surface area contributed by atoms with E-state index >= 15 is 0 Å². The fraction of sp³-hybridized carbons (Fsp3) is 0.500. The van der Waals surface area contributed by atoms with E-state index in [1.807, 2.05) is 24.5 Å². The molecule has 5 rings (SSSR count). The quantitative estimate of drug-likeness (QED) is 0.325. The lowest BCUT2D eigenvalue weighted by atomic mass is 9.97. The Hall–Kier alpha value is -2.57. The number of nitrogens with one attached hydrogen (secondary N) is 1. The van der Waals surface area contributed by atoms with Crippen molar-refractivity contribution in [3.8, 4) is 0 Å². The summed E-state index contributed by atoms with van der Waals surface area (Å²) in [7, 11) is 1.73. The minimum absolute atomic E-state index is 0.550. The van der Waals surface area contributed by atoms with Crippen molar-refractivity contribution in [1.82, 2.24) is 15.2 Å². The fourth-order valence-corrected chi connectivity index (χ4v) is 5.96. The zero-order valence-electron chi connectivity index (χ0n) is 21.1. The first-order valence-electron chi connectivity index (χ1n) is 12.9. The molecule has 2 aromatic rings. The van der Waals surface area contributed by atoms with Gasteiger partial charge >= 0.3 is 0 Å². The Kier molecular flexibility index (Phi) is 7.30. The predicted molar refractivity (Wildman–Crippen MR) is 145 cm³/mol. The third-order valence-electron chi connectivity index (χ3n) is 7.45. The summed E-state index contributed by atoms with van der Waals surface area (Å²) in [6, 6.07) is 7.13. The smallest absolute Gasteiger partial charge is 0.210 e. The van der Waals surface area contributed by atoms with Crippen LogP contribution in [0.3, 0.4) is 0 Å². The molecule has 3 aliphatic rings. The van der Waals surface area contributed by atoms with E-state index in [0.717, 1.165) is 78.6 Å². The molecule has 2 fully saturated rings. The zero-order valence-corrected chi connectivity index (χ0v) is 21.8. The highest BCUT2D eigenvalue weighted by molar-refractivity contribution is 6.36. The number of pyridine rings is 1. The van der Waals surface area contributed by atoms with Crippen LogP contribution in [0, 0.1) is 0 Å². The number of amidine groups is 1. The van der Waals surface area contributed by atoms with Crippen molar-refractivity contribution in [2.24, 2.45) is 4.99 Å². The maximum Gasteiger partial charge on any atom is 0.210 e. The first-order valence-corrected chi connectivity index (χ1v) is 13.2. The Morgan fingerprint density at radius 3 is 2.77 bits per heavy atom. The topological polar surface area (TPSA) is 53.0 Å². The molecule has 2 unspecified atom stereocenters. The highest BCUT2D eigenvalue weighted by Gasteiger charge is 2.35. The number of aliphatic imine (C=N–C) groups is 1. The number of unbranched alkanes of at least 4 members (excludes halogenated alkanes) is 1. The van der Waals surface area contributed by atoms with Gasteiger partial charge in [0.1, 0.15) is 5.84 Å². The maximum absolute atomic E-state index is 6.63. The van der Waals surface area contributed by atoms with E-state index in [9.17, 15) is 0 Å². The highest BCUT2D eigenvalue weighted by atomic mass is 35.5. The van der Waals surface area contributed by atoms with Crippen molar-refractivity contribution in [2.45, 2.75) is 58.0 Å². The second-order valence-electron chi connectivity index (χ2n) is 9.94. The Labute approximate surface area is 213 Å². The summed E-state index contributed by atoms with van der Waals surface area (Å²) in [5.74, 6) is 1.82. The highest BCUT2D eigenvalue weighted by Crippen LogP contribution is 2.35. The van der Waals surface area contributed by atoms with Crippen LogP contribution in [0.1, 0.15) is 46.0 Å². The van der Waals surface area contributed by atoms with E-state index in [2.05, 4.69) is 46.1 Å². The average molecular weight is 494 g/mol. The van der Waals surface area contributed by atoms with Gasteiger partial charge in [0, 0.05) is 55.2 Å². The first kappa shape index (κ1) is 24.1. The number of anilines is 1.